The fraction of sp³-hybridized carbons (Fsp3) is 0.533. The third kappa shape index (κ3) is 3.79. The first-order valence-electron chi connectivity index (χ1n) is 7.00. The van der Waals surface area contributed by atoms with Crippen LogP contribution < -0.4 is 0 Å². The van der Waals surface area contributed by atoms with Crippen molar-refractivity contribution in [3.8, 4) is 0 Å². The number of carbonyl (C=O) groups is 2. The number of likely N-dealkylation sites (tertiary alicyclic amines) is 1. The van der Waals surface area contributed by atoms with Gasteiger partial charge in [-0.05, 0) is 44.2 Å². The Morgan fingerprint density at radius 2 is 2.30 bits per heavy atom. The molecule has 1 fully saturated rings. The lowest BCUT2D eigenvalue weighted by atomic mass is 9.93. The van der Waals surface area contributed by atoms with E-state index in [4.69, 9.17) is 5.11 Å². The smallest absolute Gasteiger partial charge is 0.303 e. The molecule has 1 aromatic rings. The van der Waals surface area contributed by atoms with Crippen LogP contribution in [-0.2, 0) is 4.79 Å². The minimum atomic E-state index is -0.766. The van der Waals surface area contributed by atoms with Gasteiger partial charge < -0.3 is 10.0 Å². The van der Waals surface area contributed by atoms with Gasteiger partial charge in [-0.25, -0.2) is 0 Å². The van der Waals surface area contributed by atoms with Crippen LogP contribution in [0, 0.1) is 12.8 Å². The van der Waals surface area contributed by atoms with E-state index in [1.807, 2.05) is 11.8 Å². The van der Waals surface area contributed by atoms with Gasteiger partial charge in [-0.1, -0.05) is 0 Å². The number of carbonyl (C=O) groups excluding carboxylic acids is 1. The number of carboxylic acid groups (broad SMARTS) is 1. The lowest BCUT2D eigenvalue weighted by molar-refractivity contribution is -0.137. The molecular weight excluding hydrogens is 256 g/mol. The number of nitrogens with zero attached hydrogens (tertiary/aromatic N) is 2. The van der Waals surface area contributed by atoms with Crippen molar-refractivity contribution in [3.63, 3.8) is 0 Å². The molecule has 1 unspecified atom stereocenters. The van der Waals surface area contributed by atoms with Crippen LogP contribution in [-0.4, -0.2) is 40.0 Å². The van der Waals surface area contributed by atoms with Gasteiger partial charge in [-0.15, -0.1) is 0 Å². The summed E-state index contributed by atoms with van der Waals surface area (Å²) in [5, 5.41) is 8.74. The maximum absolute atomic E-state index is 12.4. The SMILES string of the molecule is Cc1cc(C(=O)N2CCCC(CCC(=O)O)C2)ccn1. The third-order valence-electron chi connectivity index (χ3n) is 3.72. The topological polar surface area (TPSA) is 70.5 Å². The molecule has 0 radical (unpaired) electrons. The van der Waals surface area contributed by atoms with Gasteiger partial charge >= 0.3 is 5.97 Å². The van der Waals surface area contributed by atoms with E-state index >= 15 is 0 Å². The lowest BCUT2D eigenvalue weighted by Crippen LogP contribution is -2.40. The van der Waals surface area contributed by atoms with Crippen molar-refractivity contribution in [1.29, 1.82) is 0 Å². The Kier molecular flexibility index (Phi) is 4.71. The van der Waals surface area contributed by atoms with Crippen LogP contribution in [0.4, 0.5) is 0 Å². The van der Waals surface area contributed by atoms with Crippen molar-refractivity contribution < 1.29 is 14.7 Å². The summed E-state index contributed by atoms with van der Waals surface area (Å²) in [6, 6.07) is 3.53. The van der Waals surface area contributed by atoms with E-state index in [9.17, 15) is 9.59 Å². The van der Waals surface area contributed by atoms with E-state index < -0.39 is 5.97 Å². The number of hydrogen-bond acceptors (Lipinski definition) is 3. The highest BCUT2D eigenvalue weighted by atomic mass is 16.4. The van der Waals surface area contributed by atoms with Crippen molar-refractivity contribution in [1.82, 2.24) is 9.88 Å². The second kappa shape index (κ2) is 6.50. The van der Waals surface area contributed by atoms with Gasteiger partial charge in [0.05, 0.1) is 0 Å². The molecule has 1 aliphatic heterocycles. The highest BCUT2D eigenvalue weighted by molar-refractivity contribution is 5.94. The summed E-state index contributed by atoms with van der Waals surface area (Å²) in [4.78, 5) is 29.0. The number of carboxylic acids is 1. The number of aliphatic carboxylic acids is 1. The molecule has 1 aromatic heterocycles. The fourth-order valence-corrected chi connectivity index (χ4v) is 2.67. The van der Waals surface area contributed by atoms with Crippen molar-refractivity contribution in [2.24, 2.45) is 5.92 Å². The first-order valence-corrected chi connectivity index (χ1v) is 7.00. The molecule has 1 amide bonds. The fourth-order valence-electron chi connectivity index (χ4n) is 2.67. The van der Waals surface area contributed by atoms with Gasteiger partial charge in [-0.2, -0.15) is 0 Å². The molecule has 1 saturated heterocycles. The molecular formula is C15H20N2O3. The van der Waals surface area contributed by atoms with Gasteiger partial charge in [0.2, 0.25) is 0 Å². The van der Waals surface area contributed by atoms with E-state index in [0.717, 1.165) is 25.1 Å². The standard InChI is InChI=1S/C15H20N2O3/c1-11-9-13(6-7-16-11)15(20)17-8-2-3-12(10-17)4-5-14(18)19/h6-7,9,12H,2-5,8,10H2,1H3,(H,18,19). The average molecular weight is 276 g/mol. The van der Waals surface area contributed by atoms with Crippen molar-refractivity contribution in [2.45, 2.75) is 32.6 Å². The van der Waals surface area contributed by atoms with Crippen LogP contribution in [0.5, 0.6) is 0 Å². The molecule has 0 spiro atoms. The monoisotopic (exact) mass is 276 g/mol. The second-order valence-electron chi connectivity index (χ2n) is 5.38. The summed E-state index contributed by atoms with van der Waals surface area (Å²) >= 11 is 0. The van der Waals surface area contributed by atoms with Gasteiger partial charge in [0.15, 0.2) is 0 Å². The molecule has 20 heavy (non-hydrogen) atoms. The molecule has 2 rings (SSSR count). The van der Waals surface area contributed by atoms with Crippen molar-refractivity contribution >= 4 is 11.9 Å². The molecule has 0 saturated carbocycles. The van der Waals surface area contributed by atoms with Crippen LogP contribution in [0.25, 0.3) is 0 Å². The predicted octanol–water partition coefficient (Wildman–Crippen LogP) is 2.11. The molecule has 1 N–H and O–H groups in total. The first-order chi connectivity index (χ1) is 9.56. The minimum absolute atomic E-state index is 0.0236. The van der Waals surface area contributed by atoms with Gasteiger partial charge in [0.25, 0.3) is 5.91 Å². The largest absolute Gasteiger partial charge is 0.481 e. The maximum atomic E-state index is 12.4. The van der Waals surface area contributed by atoms with Crippen LogP contribution in [0.2, 0.25) is 0 Å². The number of amides is 1. The zero-order valence-electron chi connectivity index (χ0n) is 11.7. The van der Waals surface area contributed by atoms with Gasteiger partial charge in [0.1, 0.15) is 0 Å². The predicted molar refractivity (Wildman–Crippen MR) is 74.5 cm³/mol. The zero-order chi connectivity index (χ0) is 14.5. The Morgan fingerprint density at radius 1 is 1.50 bits per heavy atom. The van der Waals surface area contributed by atoms with E-state index in [-0.39, 0.29) is 12.3 Å². The van der Waals surface area contributed by atoms with Crippen LogP contribution in [0.1, 0.15) is 41.7 Å². The number of rotatable bonds is 4. The van der Waals surface area contributed by atoms with Crippen LogP contribution in [0.3, 0.4) is 0 Å². The molecule has 1 atom stereocenters. The van der Waals surface area contributed by atoms with E-state index in [0.29, 0.717) is 24.4 Å². The first kappa shape index (κ1) is 14.5. The lowest BCUT2D eigenvalue weighted by Gasteiger charge is -2.32. The summed E-state index contributed by atoms with van der Waals surface area (Å²) in [5.74, 6) is -0.444. The Morgan fingerprint density at radius 3 is 3.00 bits per heavy atom. The van der Waals surface area contributed by atoms with Gasteiger partial charge in [-0.3, -0.25) is 14.6 Å². The molecule has 108 valence electrons. The normalized spacial score (nSPS) is 18.9. The molecule has 0 bridgehead atoms. The molecule has 5 nitrogen and oxygen atoms in total. The molecule has 5 heteroatoms. The Hall–Kier alpha value is -1.91. The number of pyridine rings is 1. The maximum Gasteiger partial charge on any atom is 0.303 e. The number of aryl methyl sites for hydroxylation is 1. The minimum Gasteiger partial charge on any atom is -0.481 e. The summed E-state index contributed by atoms with van der Waals surface area (Å²) in [6.45, 7) is 3.28. The Bertz CT molecular complexity index is 502. The van der Waals surface area contributed by atoms with Crippen LogP contribution >= 0.6 is 0 Å². The van der Waals surface area contributed by atoms with E-state index in [1.54, 1.807) is 18.3 Å². The molecule has 1 aliphatic rings. The van der Waals surface area contributed by atoms with E-state index in [1.165, 1.54) is 0 Å². The molecule has 0 aliphatic carbocycles. The van der Waals surface area contributed by atoms with Crippen molar-refractivity contribution in [2.75, 3.05) is 13.1 Å². The third-order valence-corrected chi connectivity index (χ3v) is 3.72. The Labute approximate surface area is 118 Å². The summed E-state index contributed by atoms with van der Waals surface area (Å²) in [5.41, 5.74) is 1.49. The van der Waals surface area contributed by atoms with Gasteiger partial charge in [0, 0.05) is 37.0 Å². The second-order valence-corrected chi connectivity index (χ2v) is 5.38. The average Bonchev–Trinajstić information content (AvgIpc) is 2.44. The highest BCUT2D eigenvalue weighted by Gasteiger charge is 2.24. The number of hydrogen-bond donors (Lipinski definition) is 1. The Balaban J connectivity index is 1.98. The van der Waals surface area contributed by atoms with Crippen molar-refractivity contribution in [3.05, 3.63) is 29.6 Å². The summed E-state index contributed by atoms with van der Waals surface area (Å²) in [6.07, 6.45) is 4.43. The summed E-state index contributed by atoms with van der Waals surface area (Å²) in [7, 11) is 0. The quantitative estimate of drug-likeness (QED) is 0.914. The van der Waals surface area contributed by atoms with Crippen LogP contribution in [0.15, 0.2) is 18.3 Å². The number of piperidine rings is 1. The number of aromatic nitrogens is 1. The zero-order valence-corrected chi connectivity index (χ0v) is 11.7. The van der Waals surface area contributed by atoms with E-state index in [2.05, 4.69) is 4.98 Å². The molecule has 0 aromatic carbocycles. The summed E-state index contributed by atoms with van der Waals surface area (Å²) < 4.78 is 0. The molecule has 2 heterocycles. The highest BCUT2D eigenvalue weighted by Crippen LogP contribution is 2.22.